The van der Waals surface area contributed by atoms with Crippen molar-refractivity contribution in [2.45, 2.75) is 51.9 Å². The van der Waals surface area contributed by atoms with Gasteiger partial charge in [-0.05, 0) is 106 Å². The van der Waals surface area contributed by atoms with Gasteiger partial charge in [0.25, 0.3) is 0 Å². The fourth-order valence-corrected chi connectivity index (χ4v) is 5.57. The molecule has 0 saturated heterocycles. The van der Waals surface area contributed by atoms with Gasteiger partial charge in [-0.25, -0.2) is 0 Å². The summed E-state index contributed by atoms with van der Waals surface area (Å²) in [4.78, 5) is 7.46. The minimum absolute atomic E-state index is 0.411. The maximum Gasteiger partial charge on any atom is 0.0412 e. The normalized spacial score (nSPS) is 17.6. The lowest BCUT2D eigenvalue weighted by atomic mass is 9.79. The summed E-state index contributed by atoms with van der Waals surface area (Å²) in [5.41, 5.74) is 5.59. The van der Waals surface area contributed by atoms with Crippen molar-refractivity contribution >= 4 is 23.8 Å². The molecule has 2 unspecified atom stereocenters. The van der Waals surface area contributed by atoms with Gasteiger partial charge in [-0.15, -0.1) is 0 Å². The highest BCUT2D eigenvalue weighted by molar-refractivity contribution is 6.30. The van der Waals surface area contributed by atoms with Crippen molar-refractivity contribution in [3.63, 3.8) is 0 Å². The van der Waals surface area contributed by atoms with Crippen LogP contribution in [0.4, 0.5) is 0 Å². The van der Waals surface area contributed by atoms with E-state index in [1.165, 1.54) is 39.3 Å². The van der Waals surface area contributed by atoms with E-state index in [2.05, 4.69) is 78.6 Å². The van der Waals surface area contributed by atoms with Crippen LogP contribution in [0.25, 0.3) is 12.2 Å². The molecule has 2 heterocycles. The van der Waals surface area contributed by atoms with Crippen molar-refractivity contribution in [3.05, 3.63) is 121 Å². The summed E-state index contributed by atoms with van der Waals surface area (Å²) in [6.45, 7) is 4.48. The summed E-state index contributed by atoms with van der Waals surface area (Å²) in [5, 5.41) is 6.24. The van der Waals surface area contributed by atoms with Gasteiger partial charge in [0.2, 0.25) is 0 Å². The Balaban J connectivity index is 0.000000453. The van der Waals surface area contributed by atoms with Crippen molar-refractivity contribution in [2.24, 2.45) is 5.92 Å². The zero-order valence-corrected chi connectivity index (χ0v) is 21.4. The lowest BCUT2D eigenvalue weighted by molar-refractivity contribution is 0.646. The van der Waals surface area contributed by atoms with E-state index in [4.69, 9.17) is 11.6 Å². The van der Waals surface area contributed by atoms with Gasteiger partial charge < -0.3 is 4.98 Å². The van der Waals surface area contributed by atoms with Crippen molar-refractivity contribution in [2.75, 3.05) is 0 Å². The average molecular weight is 481 g/mol. The summed E-state index contributed by atoms with van der Waals surface area (Å²) >= 11 is 6.35. The van der Waals surface area contributed by atoms with Gasteiger partial charge in [0.05, 0.1) is 0 Å². The number of benzene rings is 2. The van der Waals surface area contributed by atoms with E-state index in [1.807, 2.05) is 30.6 Å². The lowest BCUT2D eigenvalue weighted by Gasteiger charge is -2.25. The second-order valence-corrected chi connectivity index (χ2v) is 10.2. The van der Waals surface area contributed by atoms with E-state index in [0.29, 0.717) is 11.8 Å². The van der Waals surface area contributed by atoms with Crippen LogP contribution in [0, 0.1) is 16.4 Å². The fraction of sp³-hybridized carbons (Fsp3) is 0.281. The molecule has 0 fully saturated rings. The van der Waals surface area contributed by atoms with Gasteiger partial charge in [-0.2, -0.15) is 0 Å². The zero-order chi connectivity index (χ0) is 24.2. The third-order valence-electron chi connectivity index (χ3n) is 7.25. The molecule has 2 aromatic carbocycles. The summed E-state index contributed by atoms with van der Waals surface area (Å²) in [5.74, 6) is 1.07. The van der Waals surface area contributed by atoms with E-state index in [-0.39, 0.29) is 0 Å². The molecule has 0 spiro atoms. The summed E-state index contributed by atoms with van der Waals surface area (Å²) in [6, 6.07) is 19.3. The molecule has 178 valence electrons. The molecular formula is C32H33ClN2. The first-order valence-corrected chi connectivity index (χ1v) is 13.2. The van der Waals surface area contributed by atoms with E-state index in [9.17, 15) is 0 Å². The highest BCUT2D eigenvalue weighted by Crippen LogP contribution is 2.31. The number of fused-ring (bicyclic) bond motifs is 4. The topological polar surface area (TPSA) is 28.7 Å². The number of hydrogen-bond acceptors (Lipinski definition) is 1. The van der Waals surface area contributed by atoms with Gasteiger partial charge in [-0.3, -0.25) is 4.98 Å². The number of aryl methyl sites for hydroxylation is 2. The van der Waals surface area contributed by atoms with Crippen LogP contribution in [-0.4, -0.2) is 9.97 Å². The Bertz CT molecular complexity index is 1480. The van der Waals surface area contributed by atoms with Crippen LogP contribution >= 0.6 is 11.6 Å². The van der Waals surface area contributed by atoms with Crippen molar-refractivity contribution in [1.82, 2.24) is 9.97 Å². The van der Waals surface area contributed by atoms with E-state index >= 15 is 0 Å². The molecule has 3 heteroatoms. The number of hydrogen-bond donors (Lipinski definition) is 1. The summed E-state index contributed by atoms with van der Waals surface area (Å²) < 4.78 is 0. The van der Waals surface area contributed by atoms with Gasteiger partial charge in [0.1, 0.15) is 0 Å². The number of H-pyrrole nitrogens is 1. The third-order valence-corrected chi connectivity index (χ3v) is 7.49. The largest absolute Gasteiger partial charge is 0.368 e. The van der Waals surface area contributed by atoms with Crippen molar-refractivity contribution < 1.29 is 0 Å². The summed E-state index contributed by atoms with van der Waals surface area (Å²) in [6.07, 6.45) is 16.3. The monoisotopic (exact) mass is 480 g/mol. The quantitative estimate of drug-likeness (QED) is 0.356. The number of nitrogens with one attached hydrogen (secondary N) is 1. The number of rotatable bonds is 4. The molecule has 0 bridgehead atoms. The highest BCUT2D eigenvalue weighted by atomic mass is 35.5. The average Bonchev–Trinajstić information content (AvgIpc) is 3.47. The molecule has 35 heavy (non-hydrogen) atoms. The third kappa shape index (κ3) is 5.28. The van der Waals surface area contributed by atoms with Crippen LogP contribution in [0.1, 0.15) is 55.0 Å². The Hall–Kier alpha value is -3.10. The molecular weight excluding hydrogens is 448 g/mol. The first-order chi connectivity index (χ1) is 17.1. The minimum Gasteiger partial charge on any atom is -0.368 e. The first kappa shape index (κ1) is 23.6. The van der Waals surface area contributed by atoms with E-state index < -0.39 is 0 Å². The maximum atomic E-state index is 6.35. The maximum absolute atomic E-state index is 6.35. The van der Waals surface area contributed by atoms with Crippen LogP contribution in [-0.2, 0) is 19.3 Å². The van der Waals surface area contributed by atoms with Crippen LogP contribution < -0.4 is 10.4 Å². The number of aromatic amines is 1. The molecule has 1 N–H and O–H groups in total. The number of halogens is 1. The van der Waals surface area contributed by atoms with Crippen LogP contribution in [0.15, 0.2) is 73.2 Å². The van der Waals surface area contributed by atoms with Crippen LogP contribution in [0.5, 0.6) is 0 Å². The Morgan fingerprint density at radius 3 is 2.51 bits per heavy atom. The first-order valence-electron chi connectivity index (χ1n) is 12.8. The van der Waals surface area contributed by atoms with Crippen molar-refractivity contribution in [3.8, 4) is 0 Å². The van der Waals surface area contributed by atoms with Gasteiger partial charge in [0, 0.05) is 35.2 Å². The number of nitrogens with zero attached hydrogens (tertiary/aromatic N) is 1. The van der Waals surface area contributed by atoms with E-state index in [0.717, 1.165) is 30.0 Å². The molecule has 6 rings (SSSR count). The predicted octanol–water partition coefficient (Wildman–Crippen LogP) is 6.47. The van der Waals surface area contributed by atoms with Crippen LogP contribution in [0.2, 0.25) is 5.02 Å². The minimum atomic E-state index is 0.411. The van der Waals surface area contributed by atoms with E-state index in [1.54, 1.807) is 11.1 Å². The highest BCUT2D eigenvalue weighted by Gasteiger charge is 2.21. The molecule has 0 saturated carbocycles. The Morgan fingerprint density at radius 1 is 0.971 bits per heavy atom. The predicted molar refractivity (Wildman–Crippen MR) is 147 cm³/mol. The fourth-order valence-electron chi connectivity index (χ4n) is 5.39. The second kappa shape index (κ2) is 10.7. The Labute approximate surface area is 212 Å². The molecule has 2 nitrogen and oxygen atoms in total. The van der Waals surface area contributed by atoms with Gasteiger partial charge in [0.15, 0.2) is 0 Å². The molecule has 0 aliphatic heterocycles. The smallest absolute Gasteiger partial charge is 0.0412 e. The molecule has 2 aliphatic rings. The molecule has 0 radical (unpaired) electrons. The standard InChI is InChI=1S/C28H28ClN.C4H5N/c1-3-24-10-6-19(17-30-24)5-7-21-15-22-16-23(29)9-13-25(22)27-12-8-20-14-18(2)4-11-26(20)28(21)27;1-2-4-5-3-1/h6,8-10,12-18,21H,3-5,7,11H2,1-2H3;1-5H. The SMILES string of the molecule is CCc1ccc(CCC2C=c3cc(Cl)ccc3=c3ccc4c(c32)CCC(C)C=4)cn1.c1cc[nH]c1. The second-order valence-electron chi connectivity index (χ2n) is 9.72. The Morgan fingerprint density at radius 2 is 1.80 bits per heavy atom. The van der Waals surface area contributed by atoms with Crippen LogP contribution in [0.3, 0.4) is 0 Å². The summed E-state index contributed by atoms with van der Waals surface area (Å²) in [7, 11) is 0. The molecule has 4 aromatic rings. The van der Waals surface area contributed by atoms with Gasteiger partial charge >= 0.3 is 0 Å². The molecule has 2 atom stereocenters. The number of pyridine rings is 1. The Kier molecular flexibility index (Phi) is 7.20. The lowest BCUT2D eigenvalue weighted by Crippen LogP contribution is -2.24. The zero-order valence-electron chi connectivity index (χ0n) is 20.6. The van der Waals surface area contributed by atoms with Gasteiger partial charge in [-0.1, -0.05) is 61.9 Å². The molecule has 0 amide bonds. The van der Waals surface area contributed by atoms with Crippen molar-refractivity contribution in [1.29, 1.82) is 0 Å². The molecule has 2 aliphatic carbocycles. The molecule has 2 aromatic heterocycles. The number of aromatic nitrogens is 2.